The van der Waals surface area contributed by atoms with Gasteiger partial charge < -0.3 is 19.2 Å². The molecule has 0 radical (unpaired) electrons. The molecule has 0 saturated carbocycles. The summed E-state index contributed by atoms with van der Waals surface area (Å²) in [7, 11) is -3.79. The van der Waals surface area contributed by atoms with Crippen molar-refractivity contribution < 1.29 is 25.0 Å². The third-order valence-electron chi connectivity index (χ3n) is 6.99. The number of anilines is 3. The van der Waals surface area contributed by atoms with Gasteiger partial charge in [-0.15, -0.1) is 0 Å². The molecule has 1 N–H and O–H groups in total. The molecule has 1 fully saturated rings. The molecule has 2 aliphatic rings. The van der Waals surface area contributed by atoms with Crippen LogP contribution < -0.4 is 14.5 Å². The first kappa shape index (κ1) is 25.1. The van der Waals surface area contributed by atoms with Crippen LogP contribution in [0, 0.1) is 12.7 Å². The van der Waals surface area contributed by atoms with E-state index in [2.05, 4.69) is 19.7 Å². The second-order valence-corrected chi connectivity index (χ2v) is 11.2. The Kier molecular flexibility index (Phi) is 6.80. The second-order valence-electron chi connectivity index (χ2n) is 9.49. The summed E-state index contributed by atoms with van der Waals surface area (Å²) < 4.78 is 46.3. The van der Waals surface area contributed by atoms with Gasteiger partial charge >= 0.3 is 0 Å². The highest BCUT2D eigenvalue weighted by atomic mass is 32.2. The van der Waals surface area contributed by atoms with Crippen molar-refractivity contribution in [2.75, 3.05) is 47.2 Å². The fourth-order valence-electron chi connectivity index (χ4n) is 5.02. The number of sulfonamides is 1. The molecule has 11 heteroatoms. The van der Waals surface area contributed by atoms with Gasteiger partial charge in [0, 0.05) is 53.0 Å². The van der Waals surface area contributed by atoms with Crippen LogP contribution in [-0.4, -0.2) is 63.1 Å². The van der Waals surface area contributed by atoms with E-state index in [4.69, 9.17) is 4.52 Å². The highest BCUT2D eigenvalue weighted by molar-refractivity contribution is 7.92. The Morgan fingerprint density at radius 3 is 2.49 bits per heavy atom. The van der Waals surface area contributed by atoms with E-state index in [0.717, 1.165) is 36.3 Å². The monoisotopic (exact) mass is 531 g/mol. The topological polar surface area (TPSA) is 99.0 Å². The van der Waals surface area contributed by atoms with Gasteiger partial charge in [0.25, 0.3) is 10.0 Å². The molecule has 9 nitrogen and oxygen atoms in total. The number of amides is 1. The van der Waals surface area contributed by atoms with Crippen molar-refractivity contribution in [1.29, 1.82) is 0 Å². The number of hydrogen-bond acceptors (Lipinski definition) is 7. The van der Waals surface area contributed by atoms with Crippen molar-refractivity contribution in [3.63, 3.8) is 0 Å². The molecule has 0 aliphatic carbocycles. The Hall–Kier alpha value is -3.60. The molecule has 37 heavy (non-hydrogen) atoms. The zero-order chi connectivity index (χ0) is 26.2. The van der Waals surface area contributed by atoms with Crippen molar-refractivity contribution in [3.8, 4) is 0 Å². The fourth-order valence-corrected chi connectivity index (χ4v) is 5.99. The highest BCUT2D eigenvalue weighted by Crippen LogP contribution is 2.30. The van der Waals surface area contributed by atoms with Crippen molar-refractivity contribution in [2.24, 2.45) is 0 Å². The smallest absolute Gasteiger partial charge is 0.264 e. The van der Waals surface area contributed by atoms with Gasteiger partial charge in [0.2, 0.25) is 11.8 Å². The molecule has 200 valence electrons. The molecule has 1 atom stereocenters. The Morgan fingerprint density at radius 1 is 1.08 bits per heavy atom. The van der Waals surface area contributed by atoms with E-state index >= 15 is 0 Å². The molecular weight excluding hydrogens is 497 g/mol. The number of fused-ring (bicyclic) bond motifs is 1. The van der Waals surface area contributed by atoms with Gasteiger partial charge in [-0.3, -0.25) is 4.79 Å². The number of halogens is 1. The summed E-state index contributed by atoms with van der Waals surface area (Å²) in [5.74, 6) is -0.119. The molecule has 2 aliphatic heterocycles. The van der Waals surface area contributed by atoms with Crippen molar-refractivity contribution in [3.05, 3.63) is 65.6 Å². The first-order valence-corrected chi connectivity index (χ1v) is 13.8. The van der Waals surface area contributed by atoms with Gasteiger partial charge in [0.15, 0.2) is 0 Å². The molecule has 0 unspecified atom stereocenters. The molecule has 0 spiro atoms. The summed E-state index contributed by atoms with van der Waals surface area (Å²) in [6.45, 7) is 6.81. The van der Waals surface area contributed by atoms with E-state index in [1.807, 2.05) is 11.8 Å². The molecular formula is C26H34FN5O4S. The van der Waals surface area contributed by atoms with E-state index in [1.165, 1.54) is 12.1 Å². The Labute approximate surface area is 218 Å². The normalized spacial score (nSPS) is 16.9. The number of carbonyl (C=O) groups excluding carboxylic acids is 1. The van der Waals surface area contributed by atoms with Crippen LogP contribution in [-0.2, 0) is 21.2 Å². The van der Waals surface area contributed by atoms with Crippen molar-refractivity contribution in [1.82, 2.24) is 10.1 Å². The van der Waals surface area contributed by atoms with Crippen molar-refractivity contribution in [2.45, 2.75) is 37.6 Å². The molecule has 1 amide bonds. The van der Waals surface area contributed by atoms with Gasteiger partial charge in [0.1, 0.15) is 11.9 Å². The van der Waals surface area contributed by atoms with Crippen LogP contribution >= 0.6 is 0 Å². The predicted octanol–water partition coefficient (Wildman–Crippen LogP) is 3.90. The van der Waals surface area contributed by atoms with E-state index in [9.17, 15) is 17.6 Å². The fraction of sp³-hybridized carbons (Fsp3) is 0.385. The molecule has 5 rings (SSSR count). The predicted molar refractivity (Wildman–Crippen MR) is 143 cm³/mol. The SMILES string of the molecule is Cc1cc(NS(=O)(=O)c2ccc(N3CCN(C(=O)[C@H](C)N4CCCc5cc(F)ccc54)CC3)cc2)on1.[HH].[HH]. The number of aromatic nitrogens is 1. The lowest BCUT2D eigenvalue weighted by molar-refractivity contribution is -0.132. The number of aryl methyl sites for hydroxylation is 2. The number of rotatable bonds is 6. The van der Waals surface area contributed by atoms with Gasteiger partial charge in [-0.1, -0.05) is 5.16 Å². The number of benzene rings is 2. The van der Waals surface area contributed by atoms with Gasteiger partial charge in [-0.05, 0) is 74.7 Å². The maximum atomic E-state index is 13.7. The average molecular weight is 532 g/mol. The maximum absolute atomic E-state index is 13.7. The lowest BCUT2D eigenvalue weighted by Crippen LogP contribution is -2.55. The Morgan fingerprint density at radius 2 is 1.81 bits per heavy atom. The average Bonchev–Trinajstić information content (AvgIpc) is 3.31. The summed E-state index contributed by atoms with van der Waals surface area (Å²) in [5, 5.41) is 3.69. The lowest BCUT2D eigenvalue weighted by Gasteiger charge is -2.41. The van der Waals surface area contributed by atoms with Crippen LogP contribution in [0.3, 0.4) is 0 Å². The first-order chi connectivity index (χ1) is 17.7. The van der Waals surface area contributed by atoms with Crippen LogP contribution in [0.2, 0.25) is 0 Å². The zero-order valence-electron chi connectivity index (χ0n) is 20.9. The second kappa shape index (κ2) is 10.0. The van der Waals surface area contributed by atoms with Gasteiger partial charge in [-0.25, -0.2) is 17.5 Å². The molecule has 2 aromatic carbocycles. The maximum Gasteiger partial charge on any atom is 0.264 e. The molecule has 1 aromatic heterocycles. The summed E-state index contributed by atoms with van der Waals surface area (Å²) in [5.41, 5.74) is 3.36. The van der Waals surface area contributed by atoms with Crippen LogP contribution in [0.4, 0.5) is 21.6 Å². The Bertz CT molecular complexity index is 1400. The molecule has 1 saturated heterocycles. The zero-order valence-corrected chi connectivity index (χ0v) is 21.7. The number of carbonyl (C=O) groups is 1. The van der Waals surface area contributed by atoms with E-state index in [-0.39, 0.29) is 31.4 Å². The minimum atomic E-state index is -3.79. The lowest BCUT2D eigenvalue weighted by atomic mass is 9.99. The Balaban J connectivity index is 0.00000210. The quantitative estimate of drug-likeness (QED) is 0.515. The minimum absolute atomic E-state index is 0. The number of nitrogens with one attached hydrogen (secondary N) is 1. The van der Waals surface area contributed by atoms with Gasteiger partial charge in [0.05, 0.1) is 10.6 Å². The summed E-state index contributed by atoms with van der Waals surface area (Å²) in [6, 6.07) is 12.6. The number of hydrogen-bond donors (Lipinski definition) is 1. The first-order valence-electron chi connectivity index (χ1n) is 12.4. The molecule has 3 heterocycles. The summed E-state index contributed by atoms with van der Waals surface area (Å²) in [6.07, 6.45) is 1.71. The van der Waals surface area contributed by atoms with E-state index in [0.29, 0.717) is 31.9 Å². The standard InChI is InChI=1S/C26H30FN5O4S.2H2/c1-18-16-25(36-28-18)29-37(34,35)23-8-6-22(7-9-23)30-12-14-31(15-13-30)26(33)19(2)32-11-3-4-20-17-21(27)5-10-24(20)32;;/h5-10,16-17,19,29H,3-4,11-15H2,1-2H3;2*1H/t19-;;/m0../s1. The van der Waals surface area contributed by atoms with E-state index in [1.54, 1.807) is 43.3 Å². The summed E-state index contributed by atoms with van der Waals surface area (Å²) in [4.78, 5) is 19.5. The minimum Gasteiger partial charge on any atom is -0.368 e. The van der Waals surface area contributed by atoms with Crippen molar-refractivity contribution >= 4 is 33.2 Å². The number of piperazine rings is 1. The van der Waals surface area contributed by atoms with Gasteiger partial charge in [-0.2, -0.15) is 0 Å². The highest BCUT2D eigenvalue weighted by Gasteiger charge is 2.31. The molecule has 3 aromatic rings. The number of nitrogens with zero attached hydrogens (tertiary/aromatic N) is 4. The summed E-state index contributed by atoms with van der Waals surface area (Å²) >= 11 is 0. The van der Waals surface area contributed by atoms with Crippen LogP contribution in [0.1, 0.15) is 27.5 Å². The third kappa shape index (κ3) is 5.27. The largest absolute Gasteiger partial charge is 0.368 e. The van der Waals surface area contributed by atoms with Crippen LogP contribution in [0.25, 0.3) is 0 Å². The van der Waals surface area contributed by atoms with Crippen LogP contribution in [0.15, 0.2) is 57.9 Å². The van der Waals surface area contributed by atoms with E-state index < -0.39 is 10.0 Å². The van der Waals surface area contributed by atoms with Crippen LogP contribution in [0.5, 0.6) is 0 Å². The third-order valence-corrected chi connectivity index (χ3v) is 8.35. The molecule has 0 bridgehead atoms.